The van der Waals surface area contributed by atoms with E-state index in [9.17, 15) is 29.1 Å². The molecule has 0 bridgehead atoms. The van der Waals surface area contributed by atoms with Crippen LogP contribution < -0.4 is 41.1 Å². The monoisotopic (exact) mass is 907 g/mol. The number of fused-ring (bicyclic) bond motifs is 2. The van der Waals surface area contributed by atoms with Crippen LogP contribution in [0.4, 0.5) is 28.8 Å². The van der Waals surface area contributed by atoms with Crippen molar-refractivity contribution in [1.82, 2.24) is 45.8 Å². The van der Waals surface area contributed by atoms with E-state index in [-0.39, 0.29) is 62.0 Å². The number of anilines is 5. The zero-order valence-electron chi connectivity index (χ0n) is 37.4. The van der Waals surface area contributed by atoms with Crippen LogP contribution in [0, 0.1) is 0 Å². The quantitative estimate of drug-likeness (QED) is 0.0584. The lowest BCUT2D eigenvalue weighted by molar-refractivity contribution is -0.137. The van der Waals surface area contributed by atoms with Crippen molar-refractivity contribution >= 4 is 58.4 Å². The molecular formula is C45H57N13O8. The van der Waals surface area contributed by atoms with Gasteiger partial charge in [-0.15, -0.1) is 5.10 Å². The van der Waals surface area contributed by atoms with Gasteiger partial charge in [0.05, 0.1) is 57.5 Å². The molecule has 5 amide bonds. The van der Waals surface area contributed by atoms with Crippen LogP contribution in [0.1, 0.15) is 90.3 Å². The summed E-state index contributed by atoms with van der Waals surface area (Å²) in [6.07, 6.45) is 8.64. The minimum absolute atomic E-state index is 0.0905. The van der Waals surface area contributed by atoms with Gasteiger partial charge in [0.15, 0.2) is 5.82 Å². The second kappa shape index (κ2) is 20.6. The Morgan fingerprint density at radius 3 is 2.65 bits per heavy atom. The van der Waals surface area contributed by atoms with Crippen LogP contribution in [0.25, 0.3) is 0 Å². The molecule has 350 valence electrons. The molecule has 1 aliphatic carbocycles. The van der Waals surface area contributed by atoms with E-state index in [0.717, 1.165) is 43.6 Å². The minimum Gasteiger partial charge on any atom is -0.495 e. The molecule has 4 aromatic rings. The number of aromatic nitrogens is 5. The smallest absolute Gasteiger partial charge is 0.255 e. The van der Waals surface area contributed by atoms with Crippen LogP contribution in [0.5, 0.6) is 5.75 Å². The van der Waals surface area contributed by atoms with E-state index >= 15 is 0 Å². The topological polar surface area (TPSA) is 250 Å². The maximum Gasteiger partial charge on any atom is 0.255 e. The lowest BCUT2D eigenvalue weighted by Gasteiger charge is -2.48. The number of nitrogens with zero attached hydrogens (tertiary/aromatic N) is 8. The number of carbonyl (C=O) groups excluding carboxylic acids is 5. The number of carbonyl (C=O) groups is 5. The first kappa shape index (κ1) is 45.8. The van der Waals surface area contributed by atoms with Crippen LogP contribution >= 0.6 is 0 Å². The highest BCUT2D eigenvalue weighted by Gasteiger charge is 2.42. The highest BCUT2D eigenvalue weighted by atomic mass is 16.5. The van der Waals surface area contributed by atoms with Gasteiger partial charge in [0.25, 0.3) is 11.8 Å². The highest BCUT2D eigenvalue weighted by Crippen LogP contribution is 2.42. The number of likely N-dealkylation sites (N-methyl/N-ethyl adjacent to an activating group) is 1. The van der Waals surface area contributed by atoms with E-state index < -0.39 is 18.2 Å². The summed E-state index contributed by atoms with van der Waals surface area (Å²) in [5.41, 5.74) is 3.94. The van der Waals surface area contributed by atoms with Crippen molar-refractivity contribution in [3.05, 3.63) is 71.2 Å². The third kappa shape index (κ3) is 10.1. The van der Waals surface area contributed by atoms with E-state index in [2.05, 4.69) is 53.7 Å². The predicted molar refractivity (Wildman–Crippen MR) is 242 cm³/mol. The molecule has 5 heterocycles. The first-order chi connectivity index (χ1) is 32.0. The maximum atomic E-state index is 13.2. The Morgan fingerprint density at radius 2 is 1.86 bits per heavy atom. The van der Waals surface area contributed by atoms with Gasteiger partial charge in [-0.2, -0.15) is 4.98 Å². The van der Waals surface area contributed by atoms with Gasteiger partial charge in [0.2, 0.25) is 23.7 Å². The number of ether oxygens (including phenoxy) is 2. The van der Waals surface area contributed by atoms with E-state index in [1.54, 1.807) is 53.5 Å². The summed E-state index contributed by atoms with van der Waals surface area (Å²) in [4.78, 5) is 78.1. The average molecular weight is 908 g/mol. The zero-order valence-corrected chi connectivity index (χ0v) is 37.4. The van der Waals surface area contributed by atoms with Crippen molar-refractivity contribution in [3.63, 3.8) is 0 Å². The van der Waals surface area contributed by atoms with Crippen molar-refractivity contribution in [2.24, 2.45) is 0 Å². The van der Waals surface area contributed by atoms with Crippen LogP contribution in [0.3, 0.4) is 0 Å². The average Bonchev–Trinajstić information content (AvgIpc) is 4.09. The molecule has 6 N–H and O–H groups in total. The van der Waals surface area contributed by atoms with Crippen LogP contribution in [0.15, 0.2) is 48.8 Å². The number of benzene rings is 2. The van der Waals surface area contributed by atoms with Gasteiger partial charge in [-0.1, -0.05) is 31.0 Å². The second-order valence-corrected chi connectivity index (χ2v) is 16.8. The molecule has 66 heavy (non-hydrogen) atoms. The van der Waals surface area contributed by atoms with Crippen molar-refractivity contribution in [3.8, 4) is 5.75 Å². The summed E-state index contributed by atoms with van der Waals surface area (Å²) in [6.45, 7) is 4.57. The van der Waals surface area contributed by atoms with Gasteiger partial charge in [0, 0.05) is 67.9 Å². The summed E-state index contributed by atoms with van der Waals surface area (Å²) in [7, 11) is 3.40. The molecular weight excluding hydrogens is 851 g/mol. The first-order valence-electron chi connectivity index (χ1n) is 22.6. The number of methoxy groups -OCH3 is 1. The number of amides is 5. The first-order valence-corrected chi connectivity index (χ1v) is 22.6. The van der Waals surface area contributed by atoms with Gasteiger partial charge in [-0.25, -0.2) is 9.67 Å². The summed E-state index contributed by atoms with van der Waals surface area (Å²) in [5, 5.41) is 34.0. The van der Waals surface area contributed by atoms with Gasteiger partial charge in [0.1, 0.15) is 29.4 Å². The van der Waals surface area contributed by atoms with E-state index in [1.807, 2.05) is 11.9 Å². The summed E-state index contributed by atoms with van der Waals surface area (Å²) >= 11 is 0. The molecule has 2 unspecified atom stereocenters. The van der Waals surface area contributed by atoms with Gasteiger partial charge < -0.3 is 50.5 Å². The fourth-order valence-corrected chi connectivity index (χ4v) is 9.11. The highest BCUT2D eigenvalue weighted by molar-refractivity contribution is 6.07. The summed E-state index contributed by atoms with van der Waals surface area (Å²) in [6, 6.07) is 9.67. The van der Waals surface area contributed by atoms with Gasteiger partial charge in [-0.3, -0.25) is 29.3 Å². The van der Waals surface area contributed by atoms with Crippen molar-refractivity contribution in [2.75, 3.05) is 60.9 Å². The molecule has 3 atom stereocenters. The number of imide groups is 1. The molecule has 8 rings (SSSR count). The van der Waals surface area contributed by atoms with Crippen LogP contribution in [0.2, 0.25) is 0 Å². The molecule has 3 aliphatic heterocycles. The third-order valence-electron chi connectivity index (χ3n) is 12.6. The van der Waals surface area contributed by atoms with Gasteiger partial charge >= 0.3 is 0 Å². The lowest BCUT2D eigenvalue weighted by atomic mass is 10.0. The Kier molecular flexibility index (Phi) is 14.3. The molecule has 2 fully saturated rings. The molecule has 21 heteroatoms. The molecule has 1 saturated carbocycles. The van der Waals surface area contributed by atoms with Crippen LogP contribution in [-0.4, -0.2) is 129 Å². The largest absolute Gasteiger partial charge is 0.495 e. The number of rotatable bonds is 19. The van der Waals surface area contributed by atoms with E-state index in [1.165, 1.54) is 12.0 Å². The molecule has 21 nitrogen and oxygen atoms in total. The molecule has 4 aliphatic rings. The number of hydrogen-bond donors (Lipinski definition) is 6. The number of hydrogen-bond acceptors (Lipinski definition) is 16. The van der Waals surface area contributed by atoms with E-state index in [0.29, 0.717) is 84.3 Å². The Hall–Kier alpha value is -6.71. The van der Waals surface area contributed by atoms with Crippen molar-refractivity contribution in [1.29, 1.82) is 0 Å². The normalized spacial score (nSPS) is 19.4. The zero-order chi connectivity index (χ0) is 46.3. The van der Waals surface area contributed by atoms with E-state index in [4.69, 9.17) is 14.5 Å². The maximum absolute atomic E-state index is 13.2. The Morgan fingerprint density at radius 1 is 1.03 bits per heavy atom. The lowest BCUT2D eigenvalue weighted by Crippen LogP contribution is -2.58. The number of aliphatic hydroxyl groups is 1. The van der Waals surface area contributed by atoms with Crippen molar-refractivity contribution in [2.45, 2.75) is 102 Å². The predicted octanol–water partition coefficient (Wildman–Crippen LogP) is 2.44. The molecule has 0 radical (unpaired) electrons. The second-order valence-electron chi connectivity index (χ2n) is 16.8. The number of piperidine rings is 1. The van der Waals surface area contributed by atoms with Crippen molar-refractivity contribution < 1.29 is 38.6 Å². The summed E-state index contributed by atoms with van der Waals surface area (Å²) < 4.78 is 13.0. The fraction of sp³-hybridized carbons (Fsp3) is 0.489. The number of aliphatic hydroxyl groups excluding tert-OH is 1. The molecule has 2 aromatic carbocycles. The SMILES string of the molecule is CC[C@@H]1C(O)N(C)c2cnc(Nc3ccc(C(=O)NCc4cn(CCOCCNCCC(=O)Nc5cccc6c5CN(C5CCC(=O)NC5=O)C6=O)nn4)cc3OC)nc2N1C1CCCC1. The standard InChI is InChI=1S/C45H57N13O8/c1-4-34-44(64)55(2)36-24-48-45(52-40(36)58(34)29-8-5-6-9-29)50-33-13-12-27(22-37(33)65-3)41(61)47-23-28-25-56(54-53-28)19-21-66-20-18-46-17-16-39(60)49-32-11-7-10-30-31(32)26-57(43(30)63)35-14-15-38(59)51-42(35)62/h7,10-13,22,24-25,29,34-35,44,46,64H,4-6,8-9,14-21,23,26H2,1-3H3,(H,47,61)(H,49,60)(H,48,50,52)(H,51,59,62)/t34-,35?,44?/m1/s1. The Labute approximate surface area is 382 Å². The molecule has 1 saturated heterocycles. The fourth-order valence-electron chi connectivity index (χ4n) is 9.11. The van der Waals surface area contributed by atoms with Crippen LogP contribution in [-0.2, 0) is 38.8 Å². The number of nitrogens with one attached hydrogen (secondary N) is 5. The Balaban J connectivity index is 0.737. The minimum atomic E-state index is -0.731. The Bertz CT molecular complexity index is 2440. The molecule has 0 spiro atoms. The molecule has 2 aromatic heterocycles. The van der Waals surface area contributed by atoms with Gasteiger partial charge in [-0.05, 0) is 56.0 Å². The third-order valence-corrected chi connectivity index (χ3v) is 12.6. The summed E-state index contributed by atoms with van der Waals surface area (Å²) in [5.74, 6) is -0.0566.